The summed E-state index contributed by atoms with van der Waals surface area (Å²) in [5.74, 6) is -1.07. The van der Waals surface area contributed by atoms with Gasteiger partial charge in [-0.15, -0.1) is 0 Å². The van der Waals surface area contributed by atoms with E-state index in [1.165, 1.54) is 24.4 Å². The van der Waals surface area contributed by atoms with Crippen molar-refractivity contribution in [1.29, 1.82) is 0 Å². The second-order valence-electron chi connectivity index (χ2n) is 6.46. The van der Waals surface area contributed by atoms with Crippen LogP contribution in [0, 0.1) is 6.92 Å². The van der Waals surface area contributed by atoms with E-state index in [4.69, 9.17) is 5.73 Å². The highest BCUT2D eigenvalue weighted by Crippen LogP contribution is 2.33. The van der Waals surface area contributed by atoms with E-state index in [-0.39, 0.29) is 29.1 Å². The second kappa shape index (κ2) is 7.78. The molecule has 0 saturated carbocycles. The fourth-order valence-corrected chi connectivity index (χ4v) is 2.74. The molecule has 0 aliphatic rings. The van der Waals surface area contributed by atoms with Crippen LogP contribution in [0.4, 0.5) is 13.2 Å². The predicted octanol–water partition coefficient (Wildman–Crippen LogP) is 3.43. The van der Waals surface area contributed by atoms with Gasteiger partial charge in [0.05, 0.1) is 5.56 Å². The van der Waals surface area contributed by atoms with Gasteiger partial charge in [0.1, 0.15) is 5.82 Å². The Bertz CT molecular complexity index is 1070. The van der Waals surface area contributed by atoms with Crippen molar-refractivity contribution < 1.29 is 22.8 Å². The Labute approximate surface area is 164 Å². The van der Waals surface area contributed by atoms with Crippen LogP contribution in [0.2, 0.25) is 0 Å². The van der Waals surface area contributed by atoms with Crippen molar-refractivity contribution in [1.82, 2.24) is 15.3 Å². The second-order valence-corrected chi connectivity index (χ2v) is 6.46. The van der Waals surface area contributed by atoms with Gasteiger partial charge in [-0.1, -0.05) is 12.1 Å². The number of aromatic nitrogens is 2. The van der Waals surface area contributed by atoms with Crippen molar-refractivity contribution in [3.8, 4) is 11.4 Å². The van der Waals surface area contributed by atoms with E-state index in [0.29, 0.717) is 11.3 Å². The number of aromatic amines is 1. The minimum Gasteiger partial charge on any atom is -0.366 e. The normalized spacial score (nSPS) is 11.3. The number of H-pyrrole nitrogens is 1. The van der Waals surface area contributed by atoms with E-state index in [2.05, 4.69) is 15.3 Å². The molecule has 0 radical (unpaired) electrons. The number of nitrogens with zero attached hydrogens (tertiary/aromatic N) is 1. The molecule has 0 fully saturated rings. The number of nitrogens with one attached hydrogen (secondary N) is 2. The maximum absolute atomic E-state index is 13.3. The number of carbonyl (C=O) groups is 2. The number of hydrogen-bond donors (Lipinski definition) is 3. The Kier molecular flexibility index (Phi) is 5.40. The predicted molar refractivity (Wildman–Crippen MR) is 99.9 cm³/mol. The molecular formula is C20H17F3N4O2. The van der Waals surface area contributed by atoms with Gasteiger partial charge in [0.25, 0.3) is 5.91 Å². The molecule has 1 heterocycles. The molecule has 0 aliphatic carbocycles. The average molecular weight is 402 g/mol. The smallest absolute Gasteiger partial charge is 0.366 e. The molecule has 0 saturated heterocycles. The fourth-order valence-electron chi connectivity index (χ4n) is 2.74. The van der Waals surface area contributed by atoms with Gasteiger partial charge in [-0.2, -0.15) is 13.2 Å². The van der Waals surface area contributed by atoms with Crippen LogP contribution in [0.1, 0.15) is 37.5 Å². The molecule has 0 spiro atoms. The van der Waals surface area contributed by atoms with Crippen molar-refractivity contribution >= 4 is 11.8 Å². The van der Waals surface area contributed by atoms with Crippen molar-refractivity contribution in [2.24, 2.45) is 5.73 Å². The first-order chi connectivity index (χ1) is 13.6. The number of amides is 2. The largest absolute Gasteiger partial charge is 0.416 e. The van der Waals surface area contributed by atoms with Crippen molar-refractivity contribution in [3.05, 3.63) is 76.6 Å². The third kappa shape index (κ3) is 4.81. The minimum atomic E-state index is -4.62. The van der Waals surface area contributed by atoms with Crippen molar-refractivity contribution in [2.45, 2.75) is 19.6 Å². The van der Waals surface area contributed by atoms with Crippen LogP contribution in [-0.2, 0) is 12.7 Å². The van der Waals surface area contributed by atoms with E-state index in [1.54, 1.807) is 19.1 Å². The van der Waals surface area contributed by atoms with Crippen LogP contribution in [0.3, 0.4) is 0 Å². The number of hydrogen-bond acceptors (Lipinski definition) is 3. The lowest BCUT2D eigenvalue weighted by atomic mass is 10.0. The summed E-state index contributed by atoms with van der Waals surface area (Å²) in [6.07, 6.45) is -3.14. The molecule has 9 heteroatoms. The van der Waals surface area contributed by atoms with Gasteiger partial charge in [0, 0.05) is 35.1 Å². The lowest BCUT2D eigenvalue weighted by Gasteiger charge is -2.12. The molecule has 0 unspecified atom stereocenters. The molecule has 0 aliphatic heterocycles. The highest BCUT2D eigenvalue weighted by Gasteiger charge is 2.32. The van der Waals surface area contributed by atoms with E-state index in [1.807, 2.05) is 0 Å². The Morgan fingerprint density at radius 3 is 2.52 bits per heavy atom. The van der Waals surface area contributed by atoms with E-state index in [0.717, 1.165) is 12.1 Å². The van der Waals surface area contributed by atoms with Crippen LogP contribution in [-0.4, -0.2) is 21.8 Å². The van der Waals surface area contributed by atoms with Crippen molar-refractivity contribution in [2.75, 3.05) is 0 Å². The maximum atomic E-state index is 13.3. The summed E-state index contributed by atoms with van der Waals surface area (Å²) in [6.45, 7) is 1.74. The number of benzene rings is 2. The zero-order valence-corrected chi connectivity index (χ0v) is 15.3. The third-order valence-electron chi connectivity index (χ3n) is 4.16. The number of alkyl halides is 3. The number of aryl methyl sites for hydroxylation is 1. The van der Waals surface area contributed by atoms with E-state index in [9.17, 15) is 22.8 Å². The first kappa shape index (κ1) is 20.1. The summed E-state index contributed by atoms with van der Waals surface area (Å²) in [4.78, 5) is 30.6. The molecule has 0 atom stereocenters. The maximum Gasteiger partial charge on any atom is 0.416 e. The molecule has 1 aromatic heterocycles. The summed E-state index contributed by atoms with van der Waals surface area (Å²) >= 11 is 0. The lowest BCUT2D eigenvalue weighted by molar-refractivity contribution is -0.137. The van der Waals surface area contributed by atoms with Gasteiger partial charge < -0.3 is 16.0 Å². The summed E-state index contributed by atoms with van der Waals surface area (Å²) in [7, 11) is 0. The third-order valence-corrected chi connectivity index (χ3v) is 4.16. The first-order valence-corrected chi connectivity index (χ1v) is 8.54. The SMILES string of the molecule is Cc1cnc(-c2cc(C(=O)NCc3cccc(C(N)=O)c3)cc(C(F)(F)F)c2)[nH]1. The average Bonchev–Trinajstić information content (AvgIpc) is 3.11. The van der Waals surface area contributed by atoms with Crippen LogP contribution in [0.15, 0.2) is 48.7 Å². The van der Waals surface area contributed by atoms with Crippen LogP contribution < -0.4 is 11.1 Å². The van der Waals surface area contributed by atoms with E-state index < -0.39 is 23.6 Å². The first-order valence-electron chi connectivity index (χ1n) is 8.54. The van der Waals surface area contributed by atoms with Gasteiger partial charge >= 0.3 is 6.18 Å². The standard InChI is InChI=1S/C20H17F3N4O2/c1-11-9-25-18(27-11)14-6-15(8-16(7-14)20(21,22)23)19(29)26-10-12-3-2-4-13(5-12)17(24)28/h2-9H,10H2,1H3,(H2,24,28)(H,25,27)(H,26,29). The number of primary amides is 1. The Morgan fingerprint density at radius 1 is 1.14 bits per heavy atom. The summed E-state index contributed by atoms with van der Waals surface area (Å²) in [6, 6.07) is 9.35. The molecule has 2 amide bonds. The number of imidazole rings is 1. The molecule has 4 N–H and O–H groups in total. The molecule has 29 heavy (non-hydrogen) atoms. The fraction of sp³-hybridized carbons (Fsp3) is 0.150. The van der Waals surface area contributed by atoms with Gasteiger partial charge in [0.15, 0.2) is 0 Å². The van der Waals surface area contributed by atoms with Gasteiger partial charge in [0.2, 0.25) is 5.91 Å². The van der Waals surface area contributed by atoms with Crippen molar-refractivity contribution in [3.63, 3.8) is 0 Å². The highest BCUT2D eigenvalue weighted by molar-refractivity contribution is 5.96. The summed E-state index contributed by atoms with van der Waals surface area (Å²) in [5, 5.41) is 2.55. The lowest BCUT2D eigenvalue weighted by Crippen LogP contribution is -2.24. The zero-order valence-electron chi connectivity index (χ0n) is 15.3. The number of nitrogens with two attached hydrogens (primary N) is 1. The van der Waals surface area contributed by atoms with Gasteiger partial charge in [-0.25, -0.2) is 4.98 Å². The van der Waals surface area contributed by atoms with Crippen LogP contribution in [0.25, 0.3) is 11.4 Å². The van der Waals surface area contributed by atoms with Gasteiger partial charge in [-0.3, -0.25) is 9.59 Å². The molecule has 3 aromatic rings. The number of halogens is 3. The Morgan fingerprint density at radius 2 is 1.90 bits per heavy atom. The molecule has 150 valence electrons. The molecule has 0 bridgehead atoms. The van der Waals surface area contributed by atoms with Gasteiger partial charge in [-0.05, 0) is 42.8 Å². The van der Waals surface area contributed by atoms with E-state index >= 15 is 0 Å². The zero-order chi connectivity index (χ0) is 21.2. The number of rotatable bonds is 5. The quantitative estimate of drug-likeness (QED) is 0.609. The number of carbonyl (C=O) groups excluding carboxylic acids is 2. The van der Waals surface area contributed by atoms with Crippen LogP contribution >= 0.6 is 0 Å². The molecule has 6 nitrogen and oxygen atoms in total. The topological polar surface area (TPSA) is 101 Å². The summed E-state index contributed by atoms with van der Waals surface area (Å²) in [5.41, 5.74) is 5.79. The molecule has 3 rings (SSSR count). The molecule has 2 aromatic carbocycles. The minimum absolute atomic E-state index is 0.0192. The highest BCUT2D eigenvalue weighted by atomic mass is 19.4. The van der Waals surface area contributed by atoms with Crippen LogP contribution in [0.5, 0.6) is 0 Å². The Balaban J connectivity index is 1.87. The Hall–Kier alpha value is -3.62. The monoisotopic (exact) mass is 402 g/mol. The summed E-state index contributed by atoms with van der Waals surface area (Å²) < 4.78 is 39.9. The molecular weight excluding hydrogens is 385 g/mol.